The zero-order valence-corrected chi connectivity index (χ0v) is 30.2. The maximum Gasteiger partial charge on any atom is 0.306 e. The Morgan fingerprint density at radius 3 is 2.37 bits per heavy atom. The number of aliphatic hydroxyl groups is 1. The summed E-state index contributed by atoms with van der Waals surface area (Å²) in [4.78, 5) is 60.6. The second-order valence-corrected chi connectivity index (χ2v) is 14.3. The first-order valence-corrected chi connectivity index (χ1v) is 18.2. The third-order valence-electron chi connectivity index (χ3n) is 10.4. The van der Waals surface area contributed by atoms with E-state index in [0.717, 1.165) is 11.1 Å². The van der Waals surface area contributed by atoms with Gasteiger partial charge in [-0.2, -0.15) is 0 Å². The molecule has 5 bridgehead atoms. The number of rotatable bonds is 7. The molecule has 0 aliphatic carbocycles. The van der Waals surface area contributed by atoms with Gasteiger partial charge in [0.25, 0.3) is 5.91 Å². The van der Waals surface area contributed by atoms with E-state index in [0.29, 0.717) is 22.3 Å². The number of esters is 1. The Balaban J connectivity index is 1.35. The Hall–Kier alpha value is -4.78. The minimum absolute atomic E-state index is 0.103. The fraction of sp³-hybridized carbons (Fsp3) is 0.350. The third kappa shape index (κ3) is 6.55. The number of allylic oxidation sites excluding steroid dienone is 1. The molecule has 3 aromatic carbocycles. The molecular formula is C40H40BrN3O8. The molecule has 2 saturated heterocycles. The Morgan fingerprint density at radius 1 is 0.962 bits per heavy atom. The van der Waals surface area contributed by atoms with E-state index in [2.05, 4.69) is 21.2 Å². The average Bonchev–Trinajstić information content (AvgIpc) is 3.77. The molecule has 3 aromatic rings. The third-order valence-corrected chi connectivity index (χ3v) is 11.0. The van der Waals surface area contributed by atoms with Gasteiger partial charge in [0, 0.05) is 23.1 Å². The van der Waals surface area contributed by atoms with Crippen molar-refractivity contribution in [2.75, 3.05) is 31.8 Å². The van der Waals surface area contributed by atoms with Crippen LogP contribution in [0.5, 0.6) is 5.75 Å². The van der Waals surface area contributed by atoms with Crippen molar-refractivity contribution < 1.29 is 38.5 Å². The smallest absolute Gasteiger partial charge is 0.306 e. The number of halogens is 1. The standard InChI is InChI=1S/C40H40BrN3O8/c1-50-29-18-16-27(17-19-29)43-20-10-4-9-15-32(46)51-24-31(26-13-7-3-8-14-26)42-37(47)33-34-38(48)44(28(23-45)21-25-11-5-2-6-12-25)36(39(43)49)40(34)22-30(41)35(33)52-40/h2-8,10-14,16-19,22,28,31,33-36,45H,9,15,20-21,23-24H2,1H3,(H,42,47)/b10-4-/t28-,31-,33-,34+,35-,36-,40+/m1/s1. The van der Waals surface area contributed by atoms with Gasteiger partial charge in [0.1, 0.15) is 30.1 Å². The number of amides is 3. The van der Waals surface area contributed by atoms with Crippen molar-refractivity contribution in [1.82, 2.24) is 10.2 Å². The second-order valence-electron chi connectivity index (χ2n) is 13.4. The molecule has 1 spiro atoms. The zero-order valence-electron chi connectivity index (χ0n) is 28.6. The lowest BCUT2D eigenvalue weighted by Gasteiger charge is -2.38. The van der Waals surface area contributed by atoms with Crippen LogP contribution in [0.3, 0.4) is 0 Å². The van der Waals surface area contributed by atoms with Crippen LogP contribution in [0.25, 0.3) is 0 Å². The number of hydrogen-bond acceptors (Lipinski definition) is 8. The van der Waals surface area contributed by atoms with Crippen molar-refractivity contribution in [3.8, 4) is 5.75 Å². The number of anilines is 1. The van der Waals surface area contributed by atoms with E-state index < -0.39 is 72.0 Å². The van der Waals surface area contributed by atoms with Crippen molar-refractivity contribution in [1.29, 1.82) is 0 Å². The number of ether oxygens (including phenoxy) is 3. The van der Waals surface area contributed by atoms with Crippen LogP contribution in [0.15, 0.2) is 108 Å². The number of hydrogen-bond donors (Lipinski definition) is 2. The highest BCUT2D eigenvalue weighted by Crippen LogP contribution is 2.59. The Labute approximate surface area is 310 Å². The van der Waals surface area contributed by atoms with Gasteiger partial charge in [0.15, 0.2) is 0 Å². The first kappa shape index (κ1) is 35.6. The van der Waals surface area contributed by atoms with E-state index in [1.807, 2.05) is 66.7 Å². The van der Waals surface area contributed by atoms with Crippen molar-refractivity contribution in [3.05, 3.63) is 119 Å². The fourth-order valence-electron chi connectivity index (χ4n) is 7.92. The van der Waals surface area contributed by atoms with Gasteiger partial charge in [0.2, 0.25) is 11.8 Å². The second kappa shape index (κ2) is 15.1. The number of fused-ring (bicyclic) bond motifs is 2. The highest BCUT2D eigenvalue weighted by molar-refractivity contribution is 9.11. The van der Waals surface area contributed by atoms with E-state index in [1.54, 1.807) is 48.4 Å². The molecule has 7 rings (SSSR count). The first-order valence-electron chi connectivity index (χ1n) is 17.4. The predicted molar refractivity (Wildman–Crippen MR) is 195 cm³/mol. The molecule has 7 atom stereocenters. The first-order chi connectivity index (χ1) is 25.3. The molecule has 270 valence electrons. The van der Waals surface area contributed by atoms with E-state index >= 15 is 4.79 Å². The maximum atomic E-state index is 15.3. The van der Waals surface area contributed by atoms with E-state index in [-0.39, 0.29) is 26.0 Å². The maximum absolute atomic E-state index is 15.3. The number of likely N-dealkylation sites (tertiary alicyclic amines) is 1. The minimum atomic E-state index is -1.53. The van der Waals surface area contributed by atoms with Crippen LogP contribution < -0.4 is 15.0 Å². The number of nitrogens with zero attached hydrogens (tertiary/aromatic N) is 2. The lowest BCUT2D eigenvalue weighted by atomic mass is 9.74. The number of cyclic esters (lactones) is 1. The number of benzene rings is 3. The van der Waals surface area contributed by atoms with Crippen LogP contribution in [0.2, 0.25) is 0 Å². The van der Waals surface area contributed by atoms with Crippen LogP contribution in [-0.2, 0) is 35.1 Å². The number of carbonyl (C=O) groups excluding carboxylic acids is 4. The van der Waals surface area contributed by atoms with Crippen LogP contribution in [-0.4, -0.2) is 84.4 Å². The van der Waals surface area contributed by atoms with Gasteiger partial charge in [-0.1, -0.05) is 88.7 Å². The number of aliphatic hydroxyl groups excluding tert-OH is 1. The largest absolute Gasteiger partial charge is 0.497 e. The summed E-state index contributed by atoms with van der Waals surface area (Å²) >= 11 is 3.63. The summed E-state index contributed by atoms with van der Waals surface area (Å²) in [5.41, 5.74) is 0.608. The summed E-state index contributed by atoms with van der Waals surface area (Å²) in [6.07, 6.45) is 5.26. The topological polar surface area (TPSA) is 135 Å². The predicted octanol–water partition coefficient (Wildman–Crippen LogP) is 4.26. The number of nitrogens with one attached hydrogen (secondary N) is 1. The van der Waals surface area contributed by atoms with Crippen LogP contribution in [0.4, 0.5) is 5.69 Å². The lowest BCUT2D eigenvalue weighted by Crippen LogP contribution is -2.59. The molecule has 0 aromatic heterocycles. The molecule has 12 heteroatoms. The van der Waals surface area contributed by atoms with E-state index in [1.165, 1.54) is 4.90 Å². The molecule has 4 aliphatic heterocycles. The fourth-order valence-corrected chi connectivity index (χ4v) is 8.66. The van der Waals surface area contributed by atoms with E-state index in [4.69, 9.17) is 14.2 Å². The summed E-state index contributed by atoms with van der Waals surface area (Å²) in [7, 11) is 1.55. The lowest BCUT2D eigenvalue weighted by molar-refractivity contribution is -0.146. The van der Waals surface area contributed by atoms with Gasteiger partial charge in [-0.25, -0.2) is 0 Å². The minimum Gasteiger partial charge on any atom is -0.497 e. The van der Waals surface area contributed by atoms with Gasteiger partial charge < -0.3 is 34.4 Å². The quantitative estimate of drug-likeness (QED) is 0.269. The molecule has 0 unspecified atom stereocenters. The van der Waals surface area contributed by atoms with Crippen molar-refractivity contribution >= 4 is 45.3 Å². The van der Waals surface area contributed by atoms with Gasteiger partial charge in [-0.3, -0.25) is 19.2 Å². The van der Waals surface area contributed by atoms with Gasteiger partial charge >= 0.3 is 5.97 Å². The summed E-state index contributed by atoms with van der Waals surface area (Å²) < 4.78 is 18.3. The van der Waals surface area contributed by atoms with Crippen molar-refractivity contribution in [2.45, 2.75) is 49.1 Å². The van der Waals surface area contributed by atoms with Gasteiger partial charge in [0.05, 0.1) is 37.6 Å². The highest BCUT2D eigenvalue weighted by Gasteiger charge is 2.75. The van der Waals surface area contributed by atoms with Crippen LogP contribution in [0.1, 0.15) is 30.0 Å². The summed E-state index contributed by atoms with van der Waals surface area (Å²) in [5, 5.41) is 14.0. The van der Waals surface area contributed by atoms with Crippen molar-refractivity contribution in [3.63, 3.8) is 0 Å². The van der Waals surface area contributed by atoms with Gasteiger partial charge in [-0.15, -0.1) is 0 Å². The van der Waals surface area contributed by atoms with Crippen LogP contribution >= 0.6 is 15.9 Å². The molecule has 2 fully saturated rings. The molecule has 4 aliphatic rings. The van der Waals surface area contributed by atoms with Crippen LogP contribution in [0, 0.1) is 11.8 Å². The normalized spacial score (nSPS) is 28.9. The Bertz CT molecular complexity index is 1870. The molecule has 0 saturated carbocycles. The van der Waals surface area contributed by atoms with E-state index in [9.17, 15) is 19.5 Å². The monoisotopic (exact) mass is 769 g/mol. The Morgan fingerprint density at radius 2 is 1.67 bits per heavy atom. The van der Waals surface area contributed by atoms with Gasteiger partial charge in [-0.05, 0) is 54.3 Å². The number of methoxy groups -OCH3 is 1. The summed E-state index contributed by atoms with van der Waals surface area (Å²) in [6.45, 7) is -0.433. The molecule has 11 nitrogen and oxygen atoms in total. The molecular weight excluding hydrogens is 730 g/mol. The molecule has 2 N–H and O–H groups in total. The molecule has 3 amide bonds. The SMILES string of the molecule is COc1ccc(N2C/C=C\CCC(=O)OC[C@H](c3ccccc3)NC(=O)[C@H]3[C@@H]4O[C@@]5(C=C4Br)[C@@H]3C(=O)N([C@@H](CO)Cc3ccccc3)[C@@H]5C2=O)cc1. The summed E-state index contributed by atoms with van der Waals surface area (Å²) in [5.74, 6) is -3.32. The Kier molecular flexibility index (Phi) is 10.3. The van der Waals surface area contributed by atoms with Crippen molar-refractivity contribution in [2.24, 2.45) is 11.8 Å². The number of carbonyl (C=O) groups is 4. The molecule has 0 radical (unpaired) electrons. The highest BCUT2D eigenvalue weighted by atomic mass is 79.9. The zero-order chi connectivity index (χ0) is 36.4. The molecule has 52 heavy (non-hydrogen) atoms. The molecule has 4 heterocycles. The average molecular weight is 771 g/mol. The summed E-state index contributed by atoms with van der Waals surface area (Å²) in [6, 6.07) is 22.9.